The van der Waals surface area contributed by atoms with Gasteiger partial charge < -0.3 is 19.1 Å². The van der Waals surface area contributed by atoms with Gasteiger partial charge in [0.25, 0.3) is 0 Å². The van der Waals surface area contributed by atoms with E-state index >= 15 is 0 Å². The molecule has 0 atom stereocenters. The zero-order valence-electron chi connectivity index (χ0n) is 30.1. The highest BCUT2D eigenvalue weighted by atomic mass is 28.3. The van der Waals surface area contributed by atoms with Crippen molar-refractivity contribution in [2.24, 2.45) is 0 Å². The molecule has 0 spiro atoms. The van der Waals surface area contributed by atoms with Crippen molar-refractivity contribution in [1.29, 1.82) is 0 Å². The third kappa shape index (κ3) is 9.33. The average molecular weight is 694 g/mol. The maximum Gasteiger partial charge on any atom is 0.337 e. The number of carbonyl (C=O) groups excluding carboxylic acids is 1. The second kappa shape index (κ2) is 15.6. The predicted molar refractivity (Wildman–Crippen MR) is 207 cm³/mol. The minimum atomic E-state index is -1.28. The first-order valence-corrected chi connectivity index (χ1v) is 24.3. The lowest BCUT2D eigenvalue weighted by Gasteiger charge is -2.28. The molecule has 9 nitrogen and oxygen atoms in total. The van der Waals surface area contributed by atoms with Crippen molar-refractivity contribution >= 4 is 46.9 Å². The van der Waals surface area contributed by atoms with Gasteiger partial charge in [-0.25, -0.2) is 9.78 Å². The lowest BCUT2D eigenvalue weighted by molar-refractivity contribution is 0.0600. The Bertz CT molecular complexity index is 1830. The zero-order chi connectivity index (χ0) is 35.2. The molecular formula is C37H48BN5O4Si2. The van der Waals surface area contributed by atoms with Crippen molar-refractivity contribution in [1.82, 2.24) is 19.6 Å². The summed E-state index contributed by atoms with van der Waals surface area (Å²) in [5.74, 6) is 0.465. The van der Waals surface area contributed by atoms with Gasteiger partial charge in [-0.3, -0.25) is 4.98 Å². The molecule has 0 fully saturated rings. The van der Waals surface area contributed by atoms with Crippen LogP contribution in [0, 0.1) is 0 Å². The predicted octanol–water partition coefficient (Wildman–Crippen LogP) is 6.60. The third-order valence-electron chi connectivity index (χ3n) is 8.36. The van der Waals surface area contributed by atoms with Gasteiger partial charge >= 0.3 is 5.97 Å². The van der Waals surface area contributed by atoms with Gasteiger partial charge in [-0.05, 0) is 41.3 Å². The monoisotopic (exact) mass is 693 g/mol. The minimum Gasteiger partial charge on any atom is -0.465 e. The number of pyridine rings is 1. The van der Waals surface area contributed by atoms with Crippen molar-refractivity contribution in [3.05, 3.63) is 84.7 Å². The number of hydrogen-bond acceptors (Lipinski definition) is 8. The molecule has 0 aliphatic carbocycles. The Hall–Kier alpha value is -4.10. The van der Waals surface area contributed by atoms with Crippen LogP contribution in [0.5, 0.6) is 0 Å². The fourth-order valence-electron chi connectivity index (χ4n) is 5.40. The largest absolute Gasteiger partial charge is 0.465 e. The molecule has 0 amide bonds. The van der Waals surface area contributed by atoms with Gasteiger partial charge in [0.1, 0.15) is 27.1 Å². The van der Waals surface area contributed by atoms with E-state index in [1.165, 1.54) is 7.11 Å². The summed E-state index contributed by atoms with van der Waals surface area (Å²) < 4.78 is 19.5. The summed E-state index contributed by atoms with van der Waals surface area (Å²) in [6.45, 7) is 16.2. The molecule has 3 heterocycles. The molecule has 5 rings (SSSR count). The molecule has 3 aromatic heterocycles. The van der Waals surface area contributed by atoms with Gasteiger partial charge in [0, 0.05) is 52.2 Å². The Balaban J connectivity index is 1.60. The highest BCUT2D eigenvalue weighted by Crippen LogP contribution is 2.30. The van der Waals surface area contributed by atoms with Crippen LogP contribution < -0.4 is 10.4 Å². The van der Waals surface area contributed by atoms with Crippen LogP contribution in [0.15, 0.2) is 79.1 Å². The molecule has 0 N–H and O–H groups in total. The number of esters is 1. The Kier molecular flexibility index (Phi) is 11.5. The SMILES string of the molecule is Bc1c(-c2ccc(C(=O)OC)cc2)nc2c(-c3ccc(-c4ccccc4)nc3)cnn2c1N(COCC[Si](C)(C)C)COCC[Si](C)(C)C. The van der Waals surface area contributed by atoms with Crippen LogP contribution in [0.25, 0.3) is 39.3 Å². The van der Waals surface area contributed by atoms with E-state index in [0.717, 1.165) is 57.0 Å². The molecule has 12 heteroatoms. The Morgan fingerprint density at radius 3 is 1.96 bits per heavy atom. The number of hydrogen-bond donors (Lipinski definition) is 0. The lowest BCUT2D eigenvalue weighted by Crippen LogP contribution is -2.37. The van der Waals surface area contributed by atoms with Crippen LogP contribution in [0.2, 0.25) is 51.4 Å². The van der Waals surface area contributed by atoms with Crippen LogP contribution in [-0.4, -0.2) is 83.3 Å². The molecule has 5 aromatic rings. The minimum absolute atomic E-state index is 0.348. The van der Waals surface area contributed by atoms with Gasteiger partial charge in [0.05, 0.1) is 30.3 Å². The molecule has 256 valence electrons. The topological polar surface area (TPSA) is 91.1 Å². The number of aromatic nitrogens is 4. The van der Waals surface area contributed by atoms with E-state index in [9.17, 15) is 4.79 Å². The molecule has 0 aliphatic heterocycles. The van der Waals surface area contributed by atoms with Crippen LogP contribution in [0.1, 0.15) is 10.4 Å². The number of anilines is 1. The zero-order valence-corrected chi connectivity index (χ0v) is 32.1. The molecule has 0 aliphatic rings. The summed E-state index contributed by atoms with van der Waals surface area (Å²) in [5.41, 5.74) is 7.47. The Morgan fingerprint density at radius 2 is 1.41 bits per heavy atom. The second-order valence-corrected chi connectivity index (χ2v) is 26.0. The number of benzene rings is 2. The number of carbonyl (C=O) groups is 1. The fraction of sp³-hybridized carbons (Fsp3) is 0.351. The van der Waals surface area contributed by atoms with E-state index in [4.69, 9.17) is 29.3 Å². The van der Waals surface area contributed by atoms with Crippen LogP contribution in [0.4, 0.5) is 5.82 Å². The maximum absolute atomic E-state index is 12.2. The maximum atomic E-state index is 12.2. The van der Waals surface area contributed by atoms with Crippen LogP contribution in [0.3, 0.4) is 0 Å². The number of rotatable bonds is 15. The van der Waals surface area contributed by atoms with Crippen molar-refractivity contribution < 1.29 is 19.0 Å². The quantitative estimate of drug-likeness (QED) is 0.0525. The standard InChI is InChI=1S/C37H48BN5O4Si2/c1-45-37(44)29-15-13-28(14-16-29)34-33(38)36(42(25-46-19-21-48(2,3)4)26-47-20-22-49(5,6)7)43-35(41-34)31(24-40-43)30-17-18-32(39-23-30)27-11-9-8-10-12-27/h8-18,23-24H,19-22,25-26,38H2,1-7H3. The summed E-state index contributed by atoms with van der Waals surface area (Å²) in [4.78, 5) is 24.3. The third-order valence-corrected chi connectivity index (χ3v) is 11.8. The normalized spacial score (nSPS) is 12.0. The molecule has 0 saturated heterocycles. The van der Waals surface area contributed by atoms with Gasteiger partial charge in [0.2, 0.25) is 0 Å². The highest BCUT2D eigenvalue weighted by Gasteiger charge is 2.24. The number of fused-ring (bicyclic) bond motifs is 1. The van der Waals surface area contributed by atoms with E-state index in [0.29, 0.717) is 37.9 Å². The smallest absolute Gasteiger partial charge is 0.337 e. The van der Waals surface area contributed by atoms with Gasteiger partial charge in [-0.1, -0.05) is 87.8 Å². The van der Waals surface area contributed by atoms with Gasteiger partial charge in [-0.2, -0.15) is 9.61 Å². The van der Waals surface area contributed by atoms with Crippen LogP contribution in [-0.2, 0) is 14.2 Å². The number of methoxy groups -OCH3 is 1. The fourth-order valence-corrected chi connectivity index (χ4v) is 6.91. The molecule has 2 aromatic carbocycles. The summed E-state index contributed by atoms with van der Waals surface area (Å²) in [6.07, 6.45) is 3.73. The highest BCUT2D eigenvalue weighted by molar-refractivity contribution is 6.76. The lowest BCUT2D eigenvalue weighted by atomic mass is 9.90. The molecule has 49 heavy (non-hydrogen) atoms. The number of nitrogens with zero attached hydrogens (tertiary/aromatic N) is 5. The average Bonchev–Trinajstić information content (AvgIpc) is 3.50. The van der Waals surface area contributed by atoms with Crippen molar-refractivity contribution in [2.75, 3.05) is 38.7 Å². The Labute approximate surface area is 293 Å². The molecule has 0 unspecified atom stereocenters. The van der Waals surface area contributed by atoms with Crippen molar-refractivity contribution in [3.8, 4) is 33.6 Å². The summed E-state index contributed by atoms with van der Waals surface area (Å²) in [5, 5.41) is 4.90. The van der Waals surface area contributed by atoms with Gasteiger partial charge in [0.15, 0.2) is 5.65 Å². The van der Waals surface area contributed by atoms with E-state index in [1.807, 2.05) is 53.3 Å². The van der Waals surface area contributed by atoms with E-state index < -0.39 is 16.1 Å². The first kappa shape index (κ1) is 36.2. The van der Waals surface area contributed by atoms with Crippen molar-refractivity contribution in [2.45, 2.75) is 51.4 Å². The van der Waals surface area contributed by atoms with Crippen molar-refractivity contribution in [3.63, 3.8) is 0 Å². The summed E-state index contributed by atoms with van der Waals surface area (Å²) in [7, 11) is 0.880. The molecular weight excluding hydrogens is 645 g/mol. The first-order chi connectivity index (χ1) is 23.3. The summed E-state index contributed by atoms with van der Waals surface area (Å²) in [6, 6.07) is 23.7. The Morgan fingerprint density at radius 1 is 0.796 bits per heavy atom. The second-order valence-electron chi connectivity index (χ2n) is 14.8. The number of ether oxygens (including phenoxy) is 3. The summed E-state index contributed by atoms with van der Waals surface area (Å²) >= 11 is 0. The van der Waals surface area contributed by atoms with Crippen LogP contribution >= 0.6 is 0 Å². The van der Waals surface area contributed by atoms with E-state index in [-0.39, 0.29) is 5.97 Å². The first-order valence-electron chi connectivity index (χ1n) is 16.8. The van der Waals surface area contributed by atoms with E-state index in [2.05, 4.69) is 70.2 Å². The van der Waals surface area contributed by atoms with E-state index in [1.54, 1.807) is 12.1 Å². The van der Waals surface area contributed by atoms with Gasteiger partial charge in [-0.15, -0.1) is 0 Å². The molecule has 0 radical (unpaired) electrons. The molecule has 0 bridgehead atoms. The molecule has 0 saturated carbocycles.